The first-order chi connectivity index (χ1) is 10.3. The summed E-state index contributed by atoms with van der Waals surface area (Å²) in [6, 6.07) is 2.34. The van der Waals surface area contributed by atoms with E-state index < -0.39 is 0 Å². The van der Waals surface area contributed by atoms with Crippen molar-refractivity contribution in [1.29, 1.82) is 0 Å². The third kappa shape index (κ3) is 3.72. The zero-order valence-corrected chi connectivity index (χ0v) is 14.1. The predicted octanol–water partition coefficient (Wildman–Crippen LogP) is 3.70. The molecule has 3 heterocycles. The zero-order chi connectivity index (χ0) is 14.7. The molecule has 0 aliphatic carbocycles. The first-order valence-electron chi connectivity index (χ1n) is 7.63. The summed E-state index contributed by atoms with van der Waals surface area (Å²) in [6.07, 6.45) is 4.43. The average Bonchev–Trinajstić information content (AvgIpc) is 3.09. The smallest absolute Gasteiger partial charge is 0.0914 e. The van der Waals surface area contributed by atoms with E-state index in [1.165, 1.54) is 29.8 Å². The molecule has 0 radical (unpaired) electrons. The van der Waals surface area contributed by atoms with Crippen molar-refractivity contribution in [2.75, 3.05) is 19.7 Å². The van der Waals surface area contributed by atoms with Gasteiger partial charge in [-0.25, -0.2) is 4.98 Å². The van der Waals surface area contributed by atoms with Gasteiger partial charge in [-0.3, -0.25) is 4.90 Å². The Morgan fingerprint density at radius 1 is 1.33 bits per heavy atom. The summed E-state index contributed by atoms with van der Waals surface area (Å²) < 4.78 is 0. The molecule has 0 bridgehead atoms. The van der Waals surface area contributed by atoms with Crippen LogP contribution in [0.3, 0.4) is 0 Å². The highest BCUT2D eigenvalue weighted by Gasteiger charge is 2.19. The molecular formula is C16H22N2OS2. The maximum Gasteiger partial charge on any atom is 0.0914 e. The van der Waals surface area contributed by atoms with Gasteiger partial charge in [-0.05, 0) is 50.8 Å². The number of rotatable bonds is 6. The molecule has 0 spiro atoms. The Kier molecular flexibility index (Phi) is 5.06. The molecule has 3 nitrogen and oxygen atoms in total. The molecule has 2 aromatic rings. The summed E-state index contributed by atoms with van der Waals surface area (Å²) in [5, 5.41) is 12.1. The molecule has 5 heteroatoms. The van der Waals surface area contributed by atoms with Crippen LogP contribution < -0.4 is 0 Å². The monoisotopic (exact) mass is 322 g/mol. The molecule has 0 unspecified atom stereocenters. The number of hydrogen-bond donors (Lipinski definition) is 1. The number of thiophene rings is 1. The molecule has 2 aromatic heterocycles. The number of hydrogen-bond acceptors (Lipinski definition) is 5. The third-order valence-corrected chi connectivity index (χ3v) is 5.98. The Morgan fingerprint density at radius 2 is 2.24 bits per heavy atom. The van der Waals surface area contributed by atoms with Crippen LogP contribution in [0.2, 0.25) is 0 Å². The van der Waals surface area contributed by atoms with Gasteiger partial charge in [0.15, 0.2) is 0 Å². The van der Waals surface area contributed by atoms with E-state index >= 15 is 0 Å². The van der Waals surface area contributed by atoms with Crippen molar-refractivity contribution < 1.29 is 5.11 Å². The Bertz CT molecular complexity index is 591. The fourth-order valence-electron chi connectivity index (χ4n) is 2.81. The number of unbranched alkanes of at least 4 members (excludes halogenated alkanes) is 2. The molecular weight excluding hydrogens is 300 g/mol. The van der Waals surface area contributed by atoms with E-state index in [0.29, 0.717) is 6.61 Å². The van der Waals surface area contributed by atoms with Crippen LogP contribution in [0.1, 0.15) is 34.7 Å². The maximum absolute atomic E-state index is 8.83. The Morgan fingerprint density at radius 3 is 3.00 bits per heavy atom. The van der Waals surface area contributed by atoms with Crippen molar-refractivity contribution in [2.24, 2.45) is 0 Å². The minimum absolute atomic E-state index is 0.325. The van der Waals surface area contributed by atoms with Crippen molar-refractivity contribution in [2.45, 2.75) is 39.2 Å². The van der Waals surface area contributed by atoms with Crippen molar-refractivity contribution in [3.8, 4) is 10.6 Å². The van der Waals surface area contributed by atoms with Gasteiger partial charge in [0.05, 0.1) is 15.6 Å². The molecule has 114 valence electrons. The second kappa shape index (κ2) is 7.01. The second-order valence-electron chi connectivity index (χ2n) is 5.62. The molecule has 1 aliphatic rings. The summed E-state index contributed by atoms with van der Waals surface area (Å²) in [6.45, 7) is 5.79. The molecule has 0 saturated carbocycles. The number of fused-ring (bicyclic) bond motifs is 1. The quantitative estimate of drug-likeness (QED) is 0.824. The largest absolute Gasteiger partial charge is 0.396 e. The number of aromatic nitrogens is 1. The molecule has 21 heavy (non-hydrogen) atoms. The van der Waals surface area contributed by atoms with Gasteiger partial charge in [0, 0.05) is 30.0 Å². The molecule has 0 saturated heterocycles. The fraction of sp³-hybridized carbons (Fsp3) is 0.562. The second-order valence-corrected chi connectivity index (χ2v) is 7.82. The van der Waals surface area contributed by atoms with Gasteiger partial charge in [0.1, 0.15) is 0 Å². The van der Waals surface area contributed by atoms with Gasteiger partial charge in [-0.15, -0.1) is 22.7 Å². The van der Waals surface area contributed by atoms with Crippen LogP contribution in [0, 0.1) is 6.92 Å². The maximum atomic E-state index is 8.83. The molecule has 1 aliphatic heterocycles. The van der Waals surface area contributed by atoms with Crippen LogP contribution in [0.15, 0.2) is 11.4 Å². The van der Waals surface area contributed by atoms with E-state index in [-0.39, 0.29) is 0 Å². The van der Waals surface area contributed by atoms with Crippen molar-refractivity contribution in [3.63, 3.8) is 0 Å². The summed E-state index contributed by atoms with van der Waals surface area (Å²) in [5.74, 6) is 0. The Balaban J connectivity index is 1.62. The summed E-state index contributed by atoms with van der Waals surface area (Å²) in [4.78, 5) is 10.0. The van der Waals surface area contributed by atoms with Crippen LogP contribution in [-0.2, 0) is 13.0 Å². The topological polar surface area (TPSA) is 36.4 Å². The molecule has 1 N–H and O–H groups in total. The van der Waals surface area contributed by atoms with Crippen LogP contribution in [0.25, 0.3) is 10.6 Å². The highest BCUT2D eigenvalue weighted by Crippen LogP contribution is 2.35. The van der Waals surface area contributed by atoms with Crippen LogP contribution in [0.5, 0.6) is 0 Å². The van der Waals surface area contributed by atoms with Crippen LogP contribution in [-0.4, -0.2) is 34.7 Å². The van der Waals surface area contributed by atoms with E-state index in [0.717, 1.165) is 36.6 Å². The van der Waals surface area contributed by atoms with Crippen molar-refractivity contribution >= 4 is 22.7 Å². The molecule has 3 rings (SSSR count). The lowest BCUT2D eigenvalue weighted by atomic mass is 10.1. The van der Waals surface area contributed by atoms with Crippen molar-refractivity contribution in [3.05, 3.63) is 26.9 Å². The lowest BCUT2D eigenvalue weighted by molar-refractivity contribution is 0.240. The standard InChI is InChI=1S/C16H22N2OS2/c1-12-17-14(11-20-12)16-9-13-10-18(6-3-2-4-8-19)7-5-15(13)21-16/h9,11,19H,2-8,10H2,1H3. The summed E-state index contributed by atoms with van der Waals surface area (Å²) in [7, 11) is 0. The first-order valence-corrected chi connectivity index (χ1v) is 9.33. The van der Waals surface area contributed by atoms with E-state index in [1.807, 2.05) is 11.3 Å². The highest BCUT2D eigenvalue weighted by molar-refractivity contribution is 7.16. The zero-order valence-electron chi connectivity index (χ0n) is 12.5. The number of aliphatic hydroxyl groups excluding tert-OH is 1. The normalized spacial score (nSPS) is 15.3. The number of aryl methyl sites for hydroxylation is 1. The van der Waals surface area contributed by atoms with E-state index in [2.05, 4.69) is 28.3 Å². The molecule has 0 fully saturated rings. The van der Waals surface area contributed by atoms with E-state index in [9.17, 15) is 0 Å². The van der Waals surface area contributed by atoms with Crippen molar-refractivity contribution in [1.82, 2.24) is 9.88 Å². The molecule has 0 aromatic carbocycles. The number of nitrogens with zero attached hydrogens (tertiary/aromatic N) is 2. The van der Waals surface area contributed by atoms with Gasteiger partial charge in [0.2, 0.25) is 0 Å². The Labute approximate surface area is 134 Å². The lowest BCUT2D eigenvalue weighted by Crippen LogP contribution is -2.30. The fourth-order valence-corrected chi connectivity index (χ4v) is 4.62. The number of thiazole rings is 1. The Hall–Kier alpha value is -0.750. The van der Waals surface area contributed by atoms with Crippen LogP contribution in [0.4, 0.5) is 0 Å². The van der Waals surface area contributed by atoms with E-state index in [1.54, 1.807) is 16.2 Å². The summed E-state index contributed by atoms with van der Waals surface area (Å²) in [5.41, 5.74) is 2.64. The van der Waals surface area contributed by atoms with Crippen LogP contribution >= 0.6 is 22.7 Å². The van der Waals surface area contributed by atoms with E-state index in [4.69, 9.17) is 5.11 Å². The average molecular weight is 322 g/mol. The van der Waals surface area contributed by atoms with Gasteiger partial charge in [-0.2, -0.15) is 0 Å². The van der Waals surface area contributed by atoms with Gasteiger partial charge in [-0.1, -0.05) is 0 Å². The predicted molar refractivity (Wildman–Crippen MR) is 90.1 cm³/mol. The highest BCUT2D eigenvalue weighted by atomic mass is 32.1. The first kappa shape index (κ1) is 15.2. The number of aliphatic hydroxyl groups is 1. The summed E-state index contributed by atoms with van der Waals surface area (Å²) >= 11 is 3.65. The van der Waals surface area contributed by atoms with Gasteiger partial charge in [0.25, 0.3) is 0 Å². The SMILES string of the molecule is Cc1nc(-c2cc3c(s2)CCN(CCCCCO)C3)cs1. The third-order valence-electron chi connectivity index (χ3n) is 3.95. The van der Waals surface area contributed by atoms with Gasteiger partial charge < -0.3 is 5.11 Å². The molecule has 0 amide bonds. The molecule has 0 atom stereocenters. The lowest BCUT2D eigenvalue weighted by Gasteiger charge is -2.26. The van der Waals surface area contributed by atoms with Gasteiger partial charge >= 0.3 is 0 Å². The minimum atomic E-state index is 0.325. The minimum Gasteiger partial charge on any atom is -0.396 e.